The molecule has 0 unspecified atom stereocenters. The molecule has 1 aromatic heterocycles. The third-order valence-electron chi connectivity index (χ3n) is 4.75. The standard InChI is InChI=1S/C24H20N2O5/c27-22(25-19-12-10-18(11-13-19)17-6-2-1-3-7-17)16-30-23(28)14-15-26-20-8-4-5-9-21(20)31-24(26)29/h1-13H,14-16H2,(H,25,27). The van der Waals surface area contributed by atoms with E-state index >= 15 is 0 Å². The summed E-state index contributed by atoms with van der Waals surface area (Å²) >= 11 is 0. The van der Waals surface area contributed by atoms with Crippen molar-refractivity contribution in [3.63, 3.8) is 0 Å². The number of esters is 1. The van der Waals surface area contributed by atoms with Gasteiger partial charge >= 0.3 is 11.7 Å². The lowest BCUT2D eigenvalue weighted by atomic mass is 10.1. The number of anilines is 1. The van der Waals surface area contributed by atoms with Crippen LogP contribution in [0.25, 0.3) is 22.2 Å². The summed E-state index contributed by atoms with van der Waals surface area (Å²) in [7, 11) is 0. The van der Waals surface area contributed by atoms with E-state index in [0.717, 1.165) is 11.1 Å². The molecule has 7 heteroatoms. The Morgan fingerprint density at radius 2 is 1.55 bits per heavy atom. The van der Waals surface area contributed by atoms with Crippen LogP contribution in [0.1, 0.15) is 6.42 Å². The molecule has 1 N–H and O–H groups in total. The van der Waals surface area contributed by atoms with Crippen molar-refractivity contribution in [3.05, 3.63) is 89.4 Å². The Bertz CT molecular complexity index is 1260. The third-order valence-corrected chi connectivity index (χ3v) is 4.75. The maximum atomic E-state index is 12.1. The molecule has 156 valence electrons. The molecule has 0 spiro atoms. The molecular formula is C24H20N2O5. The minimum atomic E-state index is -0.577. The van der Waals surface area contributed by atoms with E-state index in [2.05, 4.69) is 5.32 Å². The lowest BCUT2D eigenvalue weighted by molar-refractivity contribution is -0.147. The number of para-hydroxylation sites is 2. The normalized spacial score (nSPS) is 10.7. The average Bonchev–Trinajstić information content (AvgIpc) is 3.12. The fraction of sp³-hybridized carbons (Fsp3) is 0.125. The monoisotopic (exact) mass is 416 g/mol. The van der Waals surface area contributed by atoms with E-state index in [1.807, 2.05) is 42.5 Å². The molecular weight excluding hydrogens is 396 g/mol. The van der Waals surface area contributed by atoms with Gasteiger partial charge in [-0.3, -0.25) is 14.2 Å². The van der Waals surface area contributed by atoms with Gasteiger partial charge in [-0.1, -0.05) is 54.6 Å². The number of aryl methyl sites for hydroxylation is 1. The van der Waals surface area contributed by atoms with Gasteiger partial charge in [0.1, 0.15) is 0 Å². The molecule has 0 saturated heterocycles. The zero-order valence-corrected chi connectivity index (χ0v) is 16.6. The lowest BCUT2D eigenvalue weighted by Gasteiger charge is -2.08. The second kappa shape index (κ2) is 9.13. The highest BCUT2D eigenvalue weighted by atomic mass is 16.5. The first kappa shape index (κ1) is 20.2. The van der Waals surface area contributed by atoms with E-state index in [1.165, 1.54) is 4.57 Å². The van der Waals surface area contributed by atoms with Crippen molar-refractivity contribution in [3.8, 4) is 11.1 Å². The molecule has 0 bridgehead atoms. The highest BCUT2D eigenvalue weighted by molar-refractivity contribution is 5.93. The van der Waals surface area contributed by atoms with Crippen LogP contribution in [-0.2, 0) is 20.9 Å². The molecule has 3 aromatic carbocycles. The number of benzene rings is 3. The van der Waals surface area contributed by atoms with Gasteiger partial charge in [0, 0.05) is 12.2 Å². The first-order valence-electron chi connectivity index (χ1n) is 9.79. The van der Waals surface area contributed by atoms with Gasteiger partial charge in [0.2, 0.25) is 0 Å². The highest BCUT2D eigenvalue weighted by Gasteiger charge is 2.12. The number of oxazole rings is 1. The average molecular weight is 416 g/mol. The van der Waals surface area contributed by atoms with Gasteiger partial charge in [-0.15, -0.1) is 0 Å². The number of carbonyl (C=O) groups excluding carboxylic acids is 2. The largest absolute Gasteiger partial charge is 0.456 e. The molecule has 4 rings (SSSR count). The van der Waals surface area contributed by atoms with Gasteiger partial charge in [0.15, 0.2) is 12.2 Å². The maximum Gasteiger partial charge on any atom is 0.419 e. The zero-order valence-electron chi connectivity index (χ0n) is 16.6. The summed E-state index contributed by atoms with van der Waals surface area (Å²) in [5, 5.41) is 2.69. The van der Waals surface area contributed by atoms with Crippen LogP contribution in [0.4, 0.5) is 5.69 Å². The number of amides is 1. The Hall–Kier alpha value is -4.13. The maximum absolute atomic E-state index is 12.1. The molecule has 7 nitrogen and oxygen atoms in total. The number of rotatable bonds is 7. The number of nitrogens with zero attached hydrogens (tertiary/aromatic N) is 1. The Morgan fingerprint density at radius 3 is 2.32 bits per heavy atom. The molecule has 0 saturated carbocycles. The van der Waals surface area contributed by atoms with Crippen molar-refractivity contribution < 1.29 is 18.7 Å². The second-order valence-electron chi connectivity index (χ2n) is 6.89. The van der Waals surface area contributed by atoms with Crippen LogP contribution in [0.15, 0.2) is 88.1 Å². The summed E-state index contributed by atoms with van der Waals surface area (Å²) in [6.07, 6.45) is -0.0531. The SMILES string of the molecule is O=C(COC(=O)CCn1c(=O)oc2ccccc21)Nc1ccc(-c2ccccc2)cc1. The lowest BCUT2D eigenvalue weighted by Crippen LogP contribution is -2.22. The molecule has 0 fully saturated rings. The smallest absolute Gasteiger partial charge is 0.419 e. The summed E-state index contributed by atoms with van der Waals surface area (Å²) in [6.45, 7) is -0.294. The van der Waals surface area contributed by atoms with Gasteiger partial charge in [-0.05, 0) is 35.4 Å². The molecule has 1 amide bonds. The van der Waals surface area contributed by atoms with Crippen LogP contribution < -0.4 is 11.1 Å². The van der Waals surface area contributed by atoms with Crippen molar-refractivity contribution in [2.75, 3.05) is 11.9 Å². The predicted octanol–water partition coefficient (Wildman–Crippen LogP) is 3.83. The molecule has 1 heterocycles. The van der Waals surface area contributed by atoms with Crippen molar-refractivity contribution in [1.29, 1.82) is 0 Å². The van der Waals surface area contributed by atoms with Crippen LogP contribution in [0, 0.1) is 0 Å². The van der Waals surface area contributed by atoms with Gasteiger partial charge in [0.25, 0.3) is 5.91 Å². The van der Waals surface area contributed by atoms with E-state index in [9.17, 15) is 14.4 Å². The van der Waals surface area contributed by atoms with Crippen LogP contribution >= 0.6 is 0 Å². The Labute approximate surface area is 177 Å². The van der Waals surface area contributed by atoms with Crippen LogP contribution in [-0.4, -0.2) is 23.1 Å². The van der Waals surface area contributed by atoms with Crippen molar-refractivity contribution in [2.24, 2.45) is 0 Å². The summed E-state index contributed by atoms with van der Waals surface area (Å²) < 4.78 is 11.5. The van der Waals surface area contributed by atoms with Crippen LogP contribution in [0.5, 0.6) is 0 Å². The molecule has 31 heavy (non-hydrogen) atoms. The minimum Gasteiger partial charge on any atom is -0.456 e. The number of ether oxygens (including phenoxy) is 1. The van der Waals surface area contributed by atoms with Crippen LogP contribution in [0.2, 0.25) is 0 Å². The summed E-state index contributed by atoms with van der Waals surface area (Å²) in [6, 6.07) is 24.3. The molecule has 0 aliphatic carbocycles. The Morgan fingerprint density at radius 1 is 0.871 bits per heavy atom. The number of aromatic nitrogens is 1. The Kier molecular flexibility index (Phi) is 5.93. The number of nitrogens with one attached hydrogen (secondary N) is 1. The van der Waals surface area contributed by atoms with E-state index in [1.54, 1.807) is 36.4 Å². The van der Waals surface area contributed by atoms with Gasteiger partial charge in [-0.2, -0.15) is 0 Å². The van der Waals surface area contributed by atoms with E-state index in [0.29, 0.717) is 16.8 Å². The fourth-order valence-corrected chi connectivity index (χ4v) is 3.22. The number of fused-ring (bicyclic) bond motifs is 1. The van der Waals surface area contributed by atoms with Gasteiger partial charge < -0.3 is 14.5 Å². The molecule has 0 atom stereocenters. The summed E-state index contributed by atoms with van der Waals surface area (Å²) in [5.41, 5.74) is 3.79. The fourth-order valence-electron chi connectivity index (χ4n) is 3.22. The van der Waals surface area contributed by atoms with Gasteiger partial charge in [-0.25, -0.2) is 4.79 Å². The zero-order chi connectivity index (χ0) is 21.6. The highest BCUT2D eigenvalue weighted by Crippen LogP contribution is 2.21. The van der Waals surface area contributed by atoms with Crippen molar-refractivity contribution in [1.82, 2.24) is 4.57 Å². The summed E-state index contributed by atoms with van der Waals surface area (Å²) in [4.78, 5) is 36.0. The van der Waals surface area contributed by atoms with E-state index in [-0.39, 0.29) is 13.0 Å². The minimum absolute atomic E-state index is 0.0531. The Balaban J connectivity index is 1.26. The van der Waals surface area contributed by atoms with E-state index < -0.39 is 24.2 Å². The first-order valence-corrected chi connectivity index (χ1v) is 9.79. The number of hydrogen-bond acceptors (Lipinski definition) is 5. The first-order chi connectivity index (χ1) is 15.1. The van der Waals surface area contributed by atoms with Gasteiger partial charge in [0.05, 0.1) is 11.9 Å². The van der Waals surface area contributed by atoms with Crippen molar-refractivity contribution in [2.45, 2.75) is 13.0 Å². The molecule has 0 aliphatic heterocycles. The second-order valence-corrected chi connectivity index (χ2v) is 6.89. The summed E-state index contributed by atoms with van der Waals surface area (Å²) in [5.74, 6) is -1.55. The topological polar surface area (TPSA) is 90.5 Å². The number of carbonyl (C=O) groups is 2. The van der Waals surface area contributed by atoms with E-state index in [4.69, 9.17) is 9.15 Å². The number of hydrogen-bond donors (Lipinski definition) is 1. The van der Waals surface area contributed by atoms with Crippen LogP contribution in [0.3, 0.4) is 0 Å². The quantitative estimate of drug-likeness (QED) is 0.463. The van der Waals surface area contributed by atoms with Crippen molar-refractivity contribution >= 4 is 28.7 Å². The molecule has 4 aromatic rings. The predicted molar refractivity (Wildman–Crippen MR) is 117 cm³/mol. The third kappa shape index (κ3) is 4.90. The molecule has 0 aliphatic rings. The molecule has 0 radical (unpaired) electrons.